The molecule has 2 N–H and O–H groups in total. The molecule has 0 aromatic heterocycles. The summed E-state index contributed by atoms with van der Waals surface area (Å²) in [6.45, 7) is 2.70. The second-order valence-electron chi connectivity index (χ2n) is 5.30. The molecule has 5 nitrogen and oxygen atoms in total. The van der Waals surface area contributed by atoms with Gasteiger partial charge >= 0.3 is 0 Å². The Morgan fingerprint density at radius 3 is 2.53 bits per heavy atom. The summed E-state index contributed by atoms with van der Waals surface area (Å²) in [5, 5.41) is 0. The highest BCUT2D eigenvalue weighted by molar-refractivity contribution is 7.89. The molecule has 0 saturated carbocycles. The zero-order valence-electron chi connectivity index (χ0n) is 10.9. The molecule has 1 aromatic carbocycles. The van der Waals surface area contributed by atoms with Gasteiger partial charge in [0.1, 0.15) is 0 Å². The lowest BCUT2D eigenvalue weighted by molar-refractivity contribution is -0.0114. The van der Waals surface area contributed by atoms with Gasteiger partial charge in [0.05, 0.1) is 17.1 Å². The summed E-state index contributed by atoms with van der Waals surface area (Å²) >= 11 is 0. The predicted octanol–water partition coefficient (Wildman–Crippen LogP) is 1.13. The molecule has 2 bridgehead atoms. The van der Waals surface area contributed by atoms with E-state index in [1.807, 2.05) is 0 Å². The molecule has 6 heteroatoms. The third-order valence-corrected chi connectivity index (χ3v) is 5.81. The Kier molecular flexibility index (Phi) is 3.03. The summed E-state index contributed by atoms with van der Waals surface area (Å²) in [5.41, 5.74) is 6.92. The van der Waals surface area contributed by atoms with E-state index in [2.05, 4.69) is 0 Å². The first-order valence-electron chi connectivity index (χ1n) is 6.48. The van der Waals surface area contributed by atoms with E-state index in [9.17, 15) is 8.42 Å². The summed E-state index contributed by atoms with van der Waals surface area (Å²) in [6.07, 6.45) is 2.00. The Labute approximate surface area is 113 Å². The number of fused-ring (bicyclic) bond motifs is 2. The van der Waals surface area contributed by atoms with E-state index in [0.29, 0.717) is 23.7 Å². The van der Waals surface area contributed by atoms with Gasteiger partial charge in [0.15, 0.2) is 0 Å². The SMILES string of the molecule is Cc1ccc(N)cc1S(=O)(=O)N1CC2CCC(C1)O2. The van der Waals surface area contributed by atoms with Crippen LogP contribution < -0.4 is 5.73 Å². The molecule has 0 spiro atoms. The first-order valence-corrected chi connectivity index (χ1v) is 7.92. The molecule has 2 atom stereocenters. The van der Waals surface area contributed by atoms with Crippen LogP contribution in [-0.4, -0.2) is 38.0 Å². The topological polar surface area (TPSA) is 72.6 Å². The van der Waals surface area contributed by atoms with E-state index in [1.165, 1.54) is 0 Å². The van der Waals surface area contributed by atoms with Crippen molar-refractivity contribution in [3.63, 3.8) is 0 Å². The highest BCUT2D eigenvalue weighted by Crippen LogP contribution is 2.31. The largest absolute Gasteiger partial charge is 0.399 e. The summed E-state index contributed by atoms with van der Waals surface area (Å²) in [7, 11) is -3.47. The van der Waals surface area contributed by atoms with E-state index >= 15 is 0 Å². The van der Waals surface area contributed by atoms with Crippen molar-refractivity contribution < 1.29 is 13.2 Å². The van der Waals surface area contributed by atoms with Gasteiger partial charge in [-0.05, 0) is 37.5 Å². The van der Waals surface area contributed by atoms with Crippen molar-refractivity contribution in [2.24, 2.45) is 0 Å². The number of aryl methyl sites for hydroxylation is 1. The zero-order chi connectivity index (χ0) is 13.6. The van der Waals surface area contributed by atoms with Crippen LogP contribution in [0.3, 0.4) is 0 Å². The average Bonchev–Trinajstić information content (AvgIpc) is 2.71. The van der Waals surface area contributed by atoms with E-state index in [-0.39, 0.29) is 12.2 Å². The van der Waals surface area contributed by atoms with Gasteiger partial charge in [-0.1, -0.05) is 6.07 Å². The van der Waals surface area contributed by atoms with Crippen LogP contribution in [0.2, 0.25) is 0 Å². The third-order valence-electron chi connectivity index (χ3n) is 3.84. The van der Waals surface area contributed by atoms with Gasteiger partial charge in [-0.25, -0.2) is 8.42 Å². The Hall–Kier alpha value is -1.11. The lowest BCUT2D eigenvalue weighted by atomic mass is 10.2. The number of anilines is 1. The Morgan fingerprint density at radius 1 is 1.26 bits per heavy atom. The number of nitrogens with two attached hydrogens (primary N) is 1. The van der Waals surface area contributed by atoms with Crippen LogP contribution in [-0.2, 0) is 14.8 Å². The van der Waals surface area contributed by atoms with Crippen molar-refractivity contribution in [3.8, 4) is 0 Å². The number of ether oxygens (including phenoxy) is 1. The number of hydrogen-bond acceptors (Lipinski definition) is 4. The smallest absolute Gasteiger partial charge is 0.243 e. The van der Waals surface area contributed by atoms with Crippen LogP contribution in [0.25, 0.3) is 0 Å². The van der Waals surface area contributed by atoms with Gasteiger partial charge < -0.3 is 10.5 Å². The fourth-order valence-electron chi connectivity index (χ4n) is 2.81. The minimum Gasteiger partial charge on any atom is -0.399 e. The van der Waals surface area contributed by atoms with Crippen molar-refractivity contribution >= 4 is 15.7 Å². The maximum atomic E-state index is 12.7. The summed E-state index contributed by atoms with van der Waals surface area (Å²) < 4.78 is 32.6. The molecule has 2 fully saturated rings. The lowest BCUT2D eigenvalue weighted by Gasteiger charge is -2.31. The van der Waals surface area contributed by atoms with Crippen molar-refractivity contribution in [3.05, 3.63) is 23.8 Å². The van der Waals surface area contributed by atoms with Crippen molar-refractivity contribution in [1.29, 1.82) is 0 Å². The first-order chi connectivity index (χ1) is 8.96. The zero-order valence-corrected chi connectivity index (χ0v) is 11.7. The summed E-state index contributed by atoms with van der Waals surface area (Å²) in [5.74, 6) is 0. The second kappa shape index (κ2) is 4.47. The summed E-state index contributed by atoms with van der Waals surface area (Å²) in [6, 6.07) is 5.01. The molecule has 2 saturated heterocycles. The van der Waals surface area contributed by atoms with Crippen LogP contribution in [0.15, 0.2) is 23.1 Å². The molecule has 3 rings (SSSR count). The fraction of sp³-hybridized carbons (Fsp3) is 0.538. The van der Waals surface area contributed by atoms with Crippen LogP contribution in [0.4, 0.5) is 5.69 Å². The lowest BCUT2D eigenvalue weighted by Crippen LogP contribution is -2.45. The van der Waals surface area contributed by atoms with Gasteiger partial charge in [-0.3, -0.25) is 0 Å². The maximum Gasteiger partial charge on any atom is 0.243 e. The molecule has 2 heterocycles. The normalized spacial score (nSPS) is 27.6. The van der Waals surface area contributed by atoms with Crippen LogP contribution >= 0.6 is 0 Å². The van der Waals surface area contributed by atoms with E-state index < -0.39 is 10.0 Å². The summed E-state index contributed by atoms with van der Waals surface area (Å²) in [4.78, 5) is 0.314. The van der Waals surface area contributed by atoms with Gasteiger partial charge in [0.2, 0.25) is 10.0 Å². The third kappa shape index (κ3) is 2.24. The van der Waals surface area contributed by atoms with Gasteiger partial charge in [0, 0.05) is 18.8 Å². The molecular formula is C13H18N2O3S. The number of rotatable bonds is 2. The number of benzene rings is 1. The van der Waals surface area contributed by atoms with E-state index in [1.54, 1.807) is 29.4 Å². The minimum absolute atomic E-state index is 0.0508. The Balaban J connectivity index is 1.96. The van der Waals surface area contributed by atoms with Crippen LogP contribution in [0.1, 0.15) is 18.4 Å². The highest BCUT2D eigenvalue weighted by atomic mass is 32.2. The number of nitrogen functional groups attached to an aromatic ring is 1. The maximum absolute atomic E-state index is 12.7. The molecule has 104 valence electrons. The molecule has 0 aliphatic carbocycles. The van der Waals surface area contributed by atoms with Crippen molar-refractivity contribution in [2.75, 3.05) is 18.8 Å². The number of morpholine rings is 1. The highest BCUT2D eigenvalue weighted by Gasteiger charge is 2.39. The van der Waals surface area contributed by atoms with E-state index in [4.69, 9.17) is 10.5 Å². The average molecular weight is 282 g/mol. The van der Waals surface area contributed by atoms with Gasteiger partial charge in [-0.2, -0.15) is 4.31 Å². The molecule has 1 aromatic rings. The predicted molar refractivity (Wildman–Crippen MR) is 72.2 cm³/mol. The minimum atomic E-state index is -3.47. The van der Waals surface area contributed by atoms with Crippen molar-refractivity contribution in [1.82, 2.24) is 4.31 Å². The molecule has 2 aliphatic heterocycles. The number of sulfonamides is 1. The number of hydrogen-bond donors (Lipinski definition) is 1. The van der Waals surface area contributed by atoms with Gasteiger partial charge in [0.25, 0.3) is 0 Å². The number of nitrogens with zero attached hydrogens (tertiary/aromatic N) is 1. The van der Waals surface area contributed by atoms with Crippen LogP contribution in [0.5, 0.6) is 0 Å². The van der Waals surface area contributed by atoms with E-state index in [0.717, 1.165) is 18.4 Å². The monoisotopic (exact) mass is 282 g/mol. The molecule has 0 amide bonds. The first kappa shape index (κ1) is 12.9. The standard InChI is InChI=1S/C13H18N2O3S/c1-9-2-3-10(14)6-13(9)19(16,17)15-7-11-4-5-12(8-15)18-11/h2-3,6,11-12H,4-5,7-8,14H2,1H3. The van der Waals surface area contributed by atoms with Gasteiger partial charge in [-0.15, -0.1) is 0 Å². The second-order valence-corrected chi connectivity index (χ2v) is 7.21. The molecule has 2 unspecified atom stereocenters. The van der Waals surface area contributed by atoms with Crippen molar-refractivity contribution in [2.45, 2.75) is 36.9 Å². The molecule has 19 heavy (non-hydrogen) atoms. The molecular weight excluding hydrogens is 264 g/mol. The quantitative estimate of drug-likeness (QED) is 0.825. The Morgan fingerprint density at radius 2 is 1.89 bits per heavy atom. The van der Waals surface area contributed by atoms with Crippen LogP contribution in [0, 0.1) is 6.92 Å². The molecule has 0 radical (unpaired) electrons. The Bertz CT molecular complexity index is 588. The molecule has 2 aliphatic rings. The fourth-order valence-corrected chi connectivity index (χ4v) is 4.57.